The summed E-state index contributed by atoms with van der Waals surface area (Å²) in [5.74, 6) is -0.510. The fraction of sp³-hybridized carbons (Fsp3) is 0.538. The first-order valence-electron chi connectivity index (χ1n) is 6.47. The molecule has 1 saturated carbocycles. The van der Waals surface area contributed by atoms with Crippen LogP contribution >= 0.6 is 11.6 Å². The van der Waals surface area contributed by atoms with Crippen molar-refractivity contribution >= 4 is 22.8 Å². The number of aryl methyl sites for hydroxylation is 1. The molecule has 0 unspecified atom stereocenters. The number of aliphatic hydroxyl groups excluding tert-OH is 1. The second-order valence-corrected chi connectivity index (χ2v) is 5.82. The molecule has 0 aliphatic heterocycles. The van der Waals surface area contributed by atoms with Gasteiger partial charge in [-0.15, -0.1) is 0 Å². The van der Waals surface area contributed by atoms with Gasteiger partial charge in [0.25, 0.3) is 6.43 Å². The first-order chi connectivity index (χ1) is 9.88. The van der Waals surface area contributed by atoms with Gasteiger partial charge >= 0.3 is 0 Å². The van der Waals surface area contributed by atoms with Gasteiger partial charge in [0, 0.05) is 12.8 Å². The van der Waals surface area contributed by atoms with Crippen molar-refractivity contribution in [3.8, 4) is 0 Å². The van der Waals surface area contributed by atoms with Gasteiger partial charge in [-0.1, -0.05) is 11.6 Å². The Kier molecular flexibility index (Phi) is 3.37. The number of aliphatic hydroxyl groups is 1. The quantitative estimate of drug-likeness (QED) is 0.884. The first kappa shape index (κ1) is 14.6. The fourth-order valence-electron chi connectivity index (χ4n) is 2.94. The minimum atomic E-state index is -2.85. The molecule has 2 aromatic heterocycles. The number of rotatable bonds is 3. The van der Waals surface area contributed by atoms with Crippen LogP contribution in [0.25, 0.3) is 11.2 Å². The average Bonchev–Trinajstić information content (AvgIpc) is 2.75. The number of fused-ring (bicyclic) bond motifs is 1. The van der Waals surface area contributed by atoms with Gasteiger partial charge < -0.3 is 5.11 Å². The Hall–Kier alpha value is -1.34. The van der Waals surface area contributed by atoms with Crippen molar-refractivity contribution in [2.75, 3.05) is 6.61 Å². The predicted octanol–water partition coefficient (Wildman–Crippen LogP) is 3.15. The third-order valence-corrected chi connectivity index (χ3v) is 4.16. The van der Waals surface area contributed by atoms with E-state index in [0.717, 1.165) is 0 Å². The Balaban J connectivity index is 2.31. The number of halogens is 4. The molecule has 2 aromatic rings. The van der Waals surface area contributed by atoms with Crippen molar-refractivity contribution in [1.82, 2.24) is 14.5 Å². The number of alkyl halides is 3. The van der Waals surface area contributed by atoms with E-state index in [1.165, 1.54) is 10.6 Å². The molecule has 8 heteroatoms. The molecule has 114 valence electrons. The molecular weight excluding hydrogens is 307 g/mol. The highest BCUT2D eigenvalue weighted by Gasteiger charge is 2.49. The van der Waals surface area contributed by atoms with Crippen LogP contribution < -0.4 is 0 Å². The summed E-state index contributed by atoms with van der Waals surface area (Å²) >= 11 is 5.89. The van der Waals surface area contributed by atoms with E-state index >= 15 is 0 Å². The Morgan fingerprint density at radius 1 is 1.48 bits per heavy atom. The average molecular weight is 320 g/mol. The van der Waals surface area contributed by atoms with Gasteiger partial charge in [0.1, 0.15) is 16.8 Å². The van der Waals surface area contributed by atoms with Gasteiger partial charge in [-0.2, -0.15) is 0 Å². The van der Waals surface area contributed by atoms with Crippen LogP contribution in [0.5, 0.6) is 0 Å². The third-order valence-electron chi connectivity index (χ3n) is 3.97. The van der Waals surface area contributed by atoms with Gasteiger partial charge in [-0.3, -0.25) is 4.57 Å². The smallest absolute Gasteiger partial charge is 0.295 e. The molecule has 1 fully saturated rings. The topological polar surface area (TPSA) is 50.9 Å². The highest BCUT2D eigenvalue weighted by Crippen LogP contribution is 2.45. The van der Waals surface area contributed by atoms with Crippen LogP contribution in [-0.2, 0) is 5.54 Å². The van der Waals surface area contributed by atoms with Crippen LogP contribution in [0.2, 0.25) is 5.15 Å². The first-order valence-corrected chi connectivity index (χ1v) is 6.85. The summed E-state index contributed by atoms with van der Waals surface area (Å²) in [5, 5.41) is 9.75. The second kappa shape index (κ2) is 4.84. The van der Waals surface area contributed by atoms with Crippen molar-refractivity contribution in [2.24, 2.45) is 0 Å². The van der Waals surface area contributed by atoms with Gasteiger partial charge in [-0.25, -0.2) is 23.1 Å². The minimum absolute atomic E-state index is 0.0398. The number of pyridine rings is 1. The maximum atomic E-state index is 13.3. The molecule has 0 spiro atoms. The number of hydrogen-bond acceptors (Lipinski definition) is 3. The second-order valence-electron chi connectivity index (χ2n) is 5.43. The number of nitrogens with zero attached hydrogens (tertiary/aromatic N) is 3. The van der Waals surface area contributed by atoms with E-state index in [1.54, 1.807) is 6.92 Å². The minimum Gasteiger partial charge on any atom is -0.394 e. The lowest BCUT2D eigenvalue weighted by Crippen LogP contribution is -2.51. The van der Waals surface area contributed by atoms with Crippen molar-refractivity contribution in [3.05, 3.63) is 22.6 Å². The fourth-order valence-corrected chi connectivity index (χ4v) is 3.18. The lowest BCUT2D eigenvalue weighted by Gasteiger charge is -2.44. The van der Waals surface area contributed by atoms with Crippen molar-refractivity contribution < 1.29 is 18.3 Å². The van der Waals surface area contributed by atoms with E-state index < -0.39 is 30.6 Å². The summed E-state index contributed by atoms with van der Waals surface area (Å²) in [6.45, 7) is 1.23. The number of hydrogen-bond donors (Lipinski definition) is 1. The third kappa shape index (κ3) is 2.10. The van der Waals surface area contributed by atoms with Gasteiger partial charge in [0.15, 0.2) is 11.5 Å². The van der Waals surface area contributed by atoms with Crippen LogP contribution in [0.3, 0.4) is 0 Å². The van der Waals surface area contributed by atoms with Gasteiger partial charge in [-0.05, 0) is 18.6 Å². The standard InChI is InChI=1S/C13H13ClF3N3O/c1-6-2-8(14)18-11-9(6)19-12(10(16)17)20(11)13(5-21)3-7(15)4-13/h2,7,10,21H,3-5H2,1H3. The van der Waals surface area contributed by atoms with E-state index in [1.807, 2.05) is 0 Å². The Labute approximate surface area is 123 Å². The molecule has 1 N–H and O–H groups in total. The van der Waals surface area contributed by atoms with Crippen LogP contribution in [0.15, 0.2) is 6.07 Å². The molecule has 3 rings (SSSR count). The molecule has 1 aliphatic carbocycles. The van der Waals surface area contributed by atoms with Gasteiger partial charge in [0.05, 0.1) is 12.1 Å². The van der Waals surface area contributed by atoms with Gasteiger partial charge in [0.2, 0.25) is 0 Å². The summed E-state index contributed by atoms with van der Waals surface area (Å²) in [4.78, 5) is 7.99. The molecule has 4 nitrogen and oxygen atoms in total. The summed E-state index contributed by atoms with van der Waals surface area (Å²) in [6, 6.07) is 1.53. The van der Waals surface area contributed by atoms with E-state index in [0.29, 0.717) is 11.1 Å². The molecule has 0 radical (unpaired) electrons. The highest BCUT2D eigenvalue weighted by molar-refractivity contribution is 6.29. The maximum Gasteiger partial charge on any atom is 0.295 e. The molecule has 21 heavy (non-hydrogen) atoms. The molecule has 1 aliphatic rings. The molecular formula is C13H13ClF3N3O. The van der Waals surface area contributed by atoms with E-state index in [4.69, 9.17) is 11.6 Å². The molecule has 2 heterocycles. The zero-order chi connectivity index (χ0) is 15.4. The monoisotopic (exact) mass is 319 g/mol. The molecule has 0 bridgehead atoms. The Bertz CT molecular complexity index is 698. The summed E-state index contributed by atoms with van der Waals surface area (Å²) in [7, 11) is 0. The van der Waals surface area contributed by atoms with Crippen molar-refractivity contribution in [3.63, 3.8) is 0 Å². The Morgan fingerprint density at radius 3 is 2.67 bits per heavy atom. The van der Waals surface area contributed by atoms with E-state index in [2.05, 4.69) is 9.97 Å². The maximum absolute atomic E-state index is 13.3. The normalized spacial score (nSPS) is 25.6. The van der Waals surface area contributed by atoms with E-state index in [9.17, 15) is 18.3 Å². The molecule has 0 aromatic carbocycles. The summed E-state index contributed by atoms with van der Waals surface area (Å²) < 4.78 is 41.1. The van der Waals surface area contributed by atoms with Crippen LogP contribution in [0.1, 0.15) is 30.7 Å². The van der Waals surface area contributed by atoms with Crippen LogP contribution in [0, 0.1) is 6.92 Å². The molecule has 0 atom stereocenters. The lowest BCUT2D eigenvalue weighted by molar-refractivity contribution is -0.0170. The van der Waals surface area contributed by atoms with Crippen LogP contribution in [0.4, 0.5) is 13.2 Å². The Morgan fingerprint density at radius 2 is 2.14 bits per heavy atom. The SMILES string of the molecule is Cc1cc(Cl)nc2c1nc(C(F)F)n2C1(CO)CC(F)C1. The summed E-state index contributed by atoms with van der Waals surface area (Å²) in [5.41, 5.74) is -0.0553. The zero-order valence-electron chi connectivity index (χ0n) is 11.2. The predicted molar refractivity (Wildman–Crippen MR) is 71.4 cm³/mol. The largest absolute Gasteiger partial charge is 0.394 e. The lowest BCUT2D eigenvalue weighted by atomic mass is 9.75. The highest BCUT2D eigenvalue weighted by atomic mass is 35.5. The van der Waals surface area contributed by atoms with E-state index in [-0.39, 0.29) is 23.6 Å². The number of aromatic nitrogens is 3. The number of imidazole rings is 1. The summed E-state index contributed by atoms with van der Waals surface area (Å²) in [6.07, 6.45) is -4.05. The molecule has 0 saturated heterocycles. The van der Waals surface area contributed by atoms with Crippen molar-refractivity contribution in [1.29, 1.82) is 0 Å². The van der Waals surface area contributed by atoms with Crippen LogP contribution in [-0.4, -0.2) is 32.4 Å². The molecule has 0 amide bonds. The van der Waals surface area contributed by atoms with Crippen molar-refractivity contribution in [2.45, 2.75) is 37.9 Å². The zero-order valence-corrected chi connectivity index (χ0v) is 11.9.